The van der Waals surface area contributed by atoms with Gasteiger partial charge in [0.25, 0.3) is 0 Å². The van der Waals surface area contributed by atoms with Gasteiger partial charge in [0.2, 0.25) is 17.6 Å². The van der Waals surface area contributed by atoms with Gasteiger partial charge in [0, 0.05) is 42.4 Å². The molecule has 202 valence electrons. The zero-order chi connectivity index (χ0) is 27.5. The number of aromatic nitrogens is 4. The van der Waals surface area contributed by atoms with E-state index >= 15 is 0 Å². The predicted octanol–water partition coefficient (Wildman–Crippen LogP) is 4.25. The van der Waals surface area contributed by atoms with Crippen LogP contribution in [0.4, 0.5) is 10.3 Å². The summed E-state index contributed by atoms with van der Waals surface area (Å²) in [5.74, 6) is 1.91. The molecule has 9 heteroatoms. The van der Waals surface area contributed by atoms with Gasteiger partial charge in [0.1, 0.15) is 18.2 Å². The molecule has 1 unspecified atom stereocenters. The lowest BCUT2D eigenvalue weighted by Crippen LogP contribution is -2.39. The molecule has 6 rings (SSSR count). The number of hydrogen-bond acceptors (Lipinski definition) is 6. The maximum absolute atomic E-state index is 13.7. The Hall–Kier alpha value is -4.66. The highest BCUT2D eigenvalue weighted by atomic mass is 19.1. The number of fused-ring (bicyclic) bond motifs is 1. The van der Waals surface area contributed by atoms with E-state index in [1.165, 1.54) is 25.0 Å². The number of allylic oxidation sites excluding steroid dienone is 1. The van der Waals surface area contributed by atoms with Crippen LogP contribution in [0.1, 0.15) is 36.7 Å². The molecule has 2 aromatic carbocycles. The lowest BCUT2D eigenvalue weighted by atomic mass is 10.1. The number of benzene rings is 2. The molecule has 40 heavy (non-hydrogen) atoms. The van der Waals surface area contributed by atoms with Crippen LogP contribution in [0.25, 0.3) is 22.6 Å². The van der Waals surface area contributed by atoms with E-state index in [0.29, 0.717) is 24.2 Å². The fourth-order valence-electron chi connectivity index (χ4n) is 4.94. The second kappa shape index (κ2) is 11.2. The minimum absolute atomic E-state index is 0.0290. The van der Waals surface area contributed by atoms with Crippen LogP contribution in [-0.4, -0.2) is 44.3 Å². The molecule has 8 nitrogen and oxygen atoms in total. The molecule has 1 aliphatic heterocycles. The van der Waals surface area contributed by atoms with Gasteiger partial charge in [-0.3, -0.25) is 10.8 Å². The van der Waals surface area contributed by atoms with Gasteiger partial charge >= 0.3 is 0 Å². The van der Waals surface area contributed by atoms with E-state index in [2.05, 4.69) is 14.9 Å². The summed E-state index contributed by atoms with van der Waals surface area (Å²) in [6.45, 7) is 1.16. The van der Waals surface area contributed by atoms with Crippen molar-refractivity contribution in [3.8, 4) is 22.6 Å². The summed E-state index contributed by atoms with van der Waals surface area (Å²) in [7, 11) is 0. The number of anilines is 1. The minimum Gasteiger partial charge on any atom is -0.476 e. The van der Waals surface area contributed by atoms with Crippen molar-refractivity contribution in [1.29, 1.82) is 5.41 Å². The Balaban J connectivity index is 1.25. The standard InChI is InChI=1S/C31H30FN7O/c32-23-10-8-22(9-11-23)29-30(26-16-17-35-31(37-26)36-18-20-6-7-20)39-24(12-15-28(39)38-29)19-40-27(34)14-13-25(33)21-4-2-1-3-5-21/h1-5,8-11,13-14,16-17,20,24,33-34H,6-7,12,15,18-19H2,(H,35,36,37)/p+1/b14-13-,33-25?,34-27?. The Morgan fingerprint density at radius 1 is 1.05 bits per heavy atom. The minimum atomic E-state index is -0.298. The molecule has 1 saturated carbocycles. The third-order valence-electron chi connectivity index (χ3n) is 7.26. The summed E-state index contributed by atoms with van der Waals surface area (Å²) in [5, 5.41) is 17.8. The van der Waals surface area contributed by atoms with Gasteiger partial charge in [-0.2, -0.15) is 0 Å². The number of halogens is 1. The molecule has 3 heterocycles. The zero-order valence-corrected chi connectivity index (χ0v) is 22.1. The smallest absolute Gasteiger partial charge is 0.223 e. The Bertz CT molecular complexity index is 1560. The number of nitrogens with zero attached hydrogens (tertiary/aromatic N) is 4. The van der Waals surface area contributed by atoms with Crippen LogP contribution in [0.2, 0.25) is 0 Å². The molecule has 0 spiro atoms. The molecule has 4 N–H and O–H groups in total. The summed E-state index contributed by atoms with van der Waals surface area (Å²) in [4.78, 5) is 14.2. The number of hydrogen-bond donors (Lipinski definition) is 3. The van der Waals surface area contributed by atoms with Crippen molar-refractivity contribution >= 4 is 17.6 Å². The normalized spacial score (nSPS) is 16.2. The zero-order valence-electron chi connectivity index (χ0n) is 22.1. The maximum atomic E-state index is 13.7. The summed E-state index contributed by atoms with van der Waals surface area (Å²) in [5.41, 5.74) is 4.58. The second-order valence-electron chi connectivity index (χ2n) is 10.2. The quantitative estimate of drug-likeness (QED) is 0.207. The largest absolute Gasteiger partial charge is 0.476 e. The number of nitrogens with one attached hydrogen (secondary N) is 2. The fourth-order valence-corrected chi connectivity index (χ4v) is 4.94. The lowest BCUT2D eigenvalue weighted by Gasteiger charge is -2.18. The maximum Gasteiger partial charge on any atom is 0.223 e. The summed E-state index contributed by atoms with van der Waals surface area (Å²) in [6.07, 6.45) is 9.06. The van der Waals surface area contributed by atoms with Crippen LogP contribution in [0.3, 0.4) is 0 Å². The molecule has 1 fully saturated rings. The number of ether oxygens (including phenoxy) is 1. The molecular weight excluding hydrogens is 505 g/mol. The Morgan fingerprint density at radius 2 is 1.85 bits per heavy atom. The van der Waals surface area contributed by atoms with Crippen LogP contribution in [0.15, 0.2) is 79.0 Å². The molecule has 2 aromatic heterocycles. The first-order chi connectivity index (χ1) is 19.5. The molecule has 0 radical (unpaired) electrons. The van der Waals surface area contributed by atoms with Gasteiger partial charge in [-0.25, -0.2) is 19.3 Å². The highest BCUT2D eigenvalue weighted by Crippen LogP contribution is 2.39. The highest BCUT2D eigenvalue weighted by Gasteiger charge is 2.31. The van der Waals surface area contributed by atoms with Crippen molar-refractivity contribution in [2.45, 2.75) is 31.7 Å². The van der Waals surface area contributed by atoms with Crippen molar-refractivity contribution in [3.05, 3.63) is 96.2 Å². The summed E-state index contributed by atoms with van der Waals surface area (Å²) in [6, 6.07) is 17.8. The molecule has 0 bridgehead atoms. The molecule has 1 atom stereocenters. The van der Waals surface area contributed by atoms with E-state index in [0.717, 1.165) is 53.4 Å². The Labute approximate surface area is 232 Å². The number of rotatable bonds is 10. The van der Waals surface area contributed by atoms with Gasteiger partial charge in [-0.05, 0) is 67.6 Å². The number of nitrogens with two attached hydrogens (primary N) is 1. The van der Waals surface area contributed by atoms with Crippen LogP contribution in [-0.2, 0) is 11.2 Å². The number of imidazole rings is 1. The van der Waals surface area contributed by atoms with E-state index in [4.69, 9.17) is 25.5 Å². The Kier molecular flexibility index (Phi) is 7.18. The molecule has 0 saturated heterocycles. The molecule has 1 aliphatic carbocycles. The predicted molar refractivity (Wildman–Crippen MR) is 153 cm³/mol. The van der Waals surface area contributed by atoms with Crippen molar-refractivity contribution in [3.63, 3.8) is 0 Å². The van der Waals surface area contributed by atoms with E-state index in [-0.39, 0.29) is 17.8 Å². The first-order valence-corrected chi connectivity index (χ1v) is 13.6. The third-order valence-corrected chi connectivity index (χ3v) is 7.26. The molecule has 2 aliphatic rings. The average Bonchev–Trinajstić information content (AvgIpc) is 3.62. The third kappa shape index (κ3) is 5.68. The second-order valence-corrected chi connectivity index (χ2v) is 10.2. The van der Waals surface area contributed by atoms with E-state index in [9.17, 15) is 4.39 Å². The van der Waals surface area contributed by atoms with E-state index in [1.54, 1.807) is 30.5 Å². The van der Waals surface area contributed by atoms with Gasteiger partial charge in [-0.1, -0.05) is 18.2 Å². The van der Waals surface area contributed by atoms with Crippen molar-refractivity contribution in [1.82, 2.24) is 19.5 Å². The molecule has 4 aromatic rings. The topological polar surface area (TPSA) is 114 Å². The van der Waals surface area contributed by atoms with E-state index < -0.39 is 0 Å². The molecular formula is C31H31FN7O+. The average molecular weight is 537 g/mol. The fraction of sp³-hybridized carbons (Fsp3) is 0.258. The van der Waals surface area contributed by atoms with Gasteiger partial charge in [-0.15, -0.1) is 0 Å². The Morgan fingerprint density at radius 3 is 2.62 bits per heavy atom. The van der Waals surface area contributed by atoms with Gasteiger partial charge < -0.3 is 14.6 Å². The van der Waals surface area contributed by atoms with Crippen molar-refractivity contribution in [2.24, 2.45) is 5.92 Å². The van der Waals surface area contributed by atoms with E-state index in [1.807, 2.05) is 36.4 Å². The van der Waals surface area contributed by atoms with Crippen molar-refractivity contribution < 1.29 is 14.5 Å². The van der Waals surface area contributed by atoms with Crippen LogP contribution in [0.5, 0.6) is 0 Å². The number of aryl methyl sites for hydroxylation is 1. The summed E-state index contributed by atoms with van der Waals surface area (Å²) >= 11 is 0. The lowest BCUT2D eigenvalue weighted by molar-refractivity contribution is -0.111. The van der Waals surface area contributed by atoms with Crippen LogP contribution < -0.4 is 10.7 Å². The van der Waals surface area contributed by atoms with Gasteiger partial charge in [0.05, 0.1) is 23.1 Å². The molecule has 0 amide bonds. The van der Waals surface area contributed by atoms with Crippen molar-refractivity contribution in [2.75, 3.05) is 18.5 Å². The summed E-state index contributed by atoms with van der Waals surface area (Å²) < 4.78 is 21.8. The first-order valence-electron chi connectivity index (χ1n) is 13.6. The monoisotopic (exact) mass is 536 g/mol. The SMILES string of the molecule is N=C(/C=C\C(=[NH2+])c1ccccc1)OCC1CCc2nc(-c3ccc(F)cc3)c(-c3ccnc(NCC4CC4)n3)n21. The highest BCUT2D eigenvalue weighted by molar-refractivity contribution is 6.07. The van der Waals surface area contributed by atoms with Crippen LogP contribution in [0, 0.1) is 17.1 Å². The first kappa shape index (κ1) is 25.6. The van der Waals surface area contributed by atoms with Gasteiger partial charge in [0.15, 0.2) is 0 Å². The van der Waals surface area contributed by atoms with Crippen LogP contribution >= 0.6 is 0 Å².